The summed E-state index contributed by atoms with van der Waals surface area (Å²) in [7, 11) is 0. The maximum Gasteiger partial charge on any atom is 0.303 e. The Morgan fingerprint density at radius 3 is 2.24 bits per heavy atom. The van der Waals surface area contributed by atoms with Gasteiger partial charge in [-0.1, -0.05) is 0 Å². The molecular formula is C12H19NO8. The molecule has 1 fully saturated rings. The number of aliphatic hydroxyl groups excluding tert-OH is 2. The molecule has 0 aromatic heterocycles. The number of ether oxygens (including phenoxy) is 3. The van der Waals surface area contributed by atoms with Crippen molar-refractivity contribution in [3.8, 4) is 0 Å². The van der Waals surface area contributed by atoms with Gasteiger partial charge in [-0.15, -0.1) is 0 Å². The molecule has 1 aliphatic rings. The lowest BCUT2D eigenvalue weighted by atomic mass is 9.96. The summed E-state index contributed by atoms with van der Waals surface area (Å²) < 4.78 is 14.7. The van der Waals surface area contributed by atoms with Gasteiger partial charge in [0.2, 0.25) is 5.91 Å². The van der Waals surface area contributed by atoms with E-state index in [4.69, 9.17) is 14.2 Å². The summed E-state index contributed by atoms with van der Waals surface area (Å²) in [4.78, 5) is 33.0. The van der Waals surface area contributed by atoms with Crippen molar-refractivity contribution in [2.45, 2.75) is 51.4 Å². The van der Waals surface area contributed by atoms with Crippen LogP contribution in [-0.4, -0.2) is 65.3 Å². The van der Waals surface area contributed by atoms with Crippen LogP contribution in [-0.2, 0) is 28.6 Å². The van der Waals surface area contributed by atoms with E-state index in [1.54, 1.807) is 0 Å². The summed E-state index contributed by atoms with van der Waals surface area (Å²) in [6.07, 6.45) is -5.22. The van der Waals surface area contributed by atoms with E-state index < -0.39 is 48.5 Å². The van der Waals surface area contributed by atoms with Crippen LogP contribution in [0.3, 0.4) is 0 Å². The van der Waals surface area contributed by atoms with E-state index in [-0.39, 0.29) is 6.61 Å². The maximum atomic E-state index is 11.1. The van der Waals surface area contributed by atoms with Crippen LogP contribution in [0.2, 0.25) is 0 Å². The summed E-state index contributed by atoms with van der Waals surface area (Å²) >= 11 is 0. The number of hydrogen-bond acceptors (Lipinski definition) is 8. The Kier molecular flexibility index (Phi) is 6.06. The smallest absolute Gasteiger partial charge is 0.303 e. The van der Waals surface area contributed by atoms with Gasteiger partial charge in [-0.2, -0.15) is 0 Å². The van der Waals surface area contributed by atoms with Crippen molar-refractivity contribution in [2.24, 2.45) is 0 Å². The SMILES string of the molecule is CC(=O)N[C@H]1[C@@H](OC(C)=O)[C@H](O)[C@H](COC(C)=O)O[C@H]1O. The molecular weight excluding hydrogens is 286 g/mol. The van der Waals surface area contributed by atoms with E-state index in [0.29, 0.717) is 0 Å². The largest absolute Gasteiger partial charge is 0.463 e. The third-order valence-corrected chi connectivity index (χ3v) is 2.82. The fraction of sp³-hybridized carbons (Fsp3) is 0.750. The van der Waals surface area contributed by atoms with Crippen LogP contribution in [0.15, 0.2) is 0 Å². The van der Waals surface area contributed by atoms with Crippen molar-refractivity contribution in [1.29, 1.82) is 0 Å². The summed E-state index contributed by atoms with van der Waals surface area (Å²) in [6, 6.07) is -1.13. The van der Waals surface area contributed by atoms with E-state index in [1.807, 2.05) is 0 Å². The average molecular weight is 305 g/mol. The van der Waals surface area contributed by atoms with Crippen LogP contribution in [0.4, 0.5) is 0 Å². The molecule has 120 valence electrons. The molecule has 5 atom stereocenters. The predicted octanol–water partition coefficient (Wildman–Crippen LogP) is -1.94. The lowest BCUT2D eigenvalue weighted by Crippen LogP contribution is -2.65. The van der Waals surface area contributed by atoms with E-state index in [2.05, 4.69) is 5.32 Å². The molecule has 0 aliphatic carbocycles. The number of amides is 1. The van der Waals surface area contributed by atoms with Gasteiger partial charge in [0.25, 0.3) is 0 Å². The Morgan fingerprint density at radius 2 is 1.76 bits per heavy atom. The number of nitrogens with one attached hydrogen (secondary N) is 1. The topological polar surface area (TPSA) is 131 Å². The lowest BCUT2D eigenvalue weighted by molar-refractivity contribution is -0.259. The first-order chi connectivity index (χ1) is 9.72. The molecule has 1 rings (SSSR count). The van der Waals surface area contributed by atoms with E-state index in [1.165, 1.54) is 13.8 Å². The number of carbonyl (C=O) groups excluding carboxylic acids is 3. The van der Waals surface area contributed by atoms with Crippen LogP contribution in [0, 0.1) is 0 Å². The molecule has 0 aromatic rings. The third kappa shape index (κ3) is 4.96. The lowest BCUT2D eigenvalue weighted by Gasteiger charge is -2.42. The number of aliphatic hydroxyl groups is 2. The van der Waals surface area contributed by atoms with Crippen molar-refractivity contribution in [1.82, 2.24) is 5.32 Å². The molecule has 0 unspecified atom stereocenters. The van der Waals surface area contributed by atoms with Gasteiger partial charge in [0, 0.05) is 20.8 Å². The van der Waals surface area contributed by atoms with Crippen molar-refractivity contribution in [3.63, 3.8) is 0 Å². The maximum absolute atomic E-state index is 11.1. The molecule has 0 spiro atoms. The molecule has 1 amide bonds. The monoisotopic (exact) mass is 305 g/mol. The van der Waals surface area contributed by atoms with Gasteiger partial charge in [0.1, 0.15) is 24.9 Å². The zero-order valence-electron chi connectivity index (χ0n) is 11.9. The Morgan fingerprint density at radius 1 is 1.14 bits per heavy atom. The summed E-state index contributed by atoms with van der Waals surface area (Å²) in [5.41, 5.74) is 0. The highest BCUT2D eigenvalue weighted by molar-refractivity contribution is 5.73. The van der Waals surface area contributed by atoms with Crippen LogP contribution >= 0.6 is 0 Å². The van der Waals surface area contributed by atoms with Gasteiger partial charge in [-0.3, -0.25) is 14.4 Å². The molecule has 9 heteroatoms. The second-order valence-electron chi connectivity index (χ2n) is 4.66. The van der Waals surface area contributed by atoms with Crippen molar-refractivity contribution in [2.75, 3.05) is 6.61 Å². The molecule has 9 nitrogen and oxygen atoms in total. The average Bonchev–Trinajstić information content (AvgIpc) is 2.35. The molecule has 1 saturated heterocycles. The van der Waals surface area contributed by atoms with Gasteiger partial charge in [-0.05, 0) is 0 Å². The minimum atomic E-state index is -1.53. The van der Waals surface area contributed by atoms with Crippen molar-refractivity contribution >= 4 is 17.8 Å². The molecule has 3 N–H and O–H groups in total. The molecule has 0 saturated carbocycles. The zero-order valence-corrected chi connectivity index (χ0v) is 11.9. The minimum Gasteiger partial charge on any atom is -0.463 e. The van der Waals surface area contributed by atoms with Gasteiger partial charge in [0.05, 0.1) is 0 Å². The number of carbonyl (C=O) groups is 3. The summed E-state index contributed by atoms with van der Waals surface area (Å²) in [5.74, 6) is -1.78. The molecule has 1 aliphatic heterocycles. The van der Waals surface area contributed by atoms with E-state index in [9.17, 15) is 24.6 Å². The standard InChI is InChI=1S/C12H19NO8/c1-5(14)13-9-11(20-7(3)16)10(17)8(21-12(9)18)4-19-6(2)15/h8-12,17-18H,4H2,1-3H3,(H,13,14)/t8-,9-,10+,11+,12+/m0/s1. The van der Waals surface area contributed by atoms with Crippen LogP contribution in [0.1, 0.15) is 20.8 Å². The molecule has 0 radical (unpaired) electrons. The minimum absolute atomic E-state index is 0.321. The fourth-order valence-electron chi connectivity index (χ4n) is 1.99. The Labute approximate surface area is 121 Å². The number of rotatable bonds is 4. The van der Waals surface area contributed by atoms with Gasteiger partial charge in [0.15, 0.2) is 12.4 Å². The highest BCUT2D eigenvalue weighted by Gasteiger charge is 2.47. The Hall–Kier alpha value is -1.71. The van der Waals surface area contributed by atoms with Crippen LogP contribution in [0.5, 0.6) is 0 Å². The van der Waals surface area contributed by atoms with Crippen molar-refractivity contribution < 1.29 is 38.8 Å². The highest BCUT2D eigenvalue weighted by Crippen LogP contribution is 2.23. The van der Waals surface area contributed by atoms with Crippen molar-refractivity contribution in [3.05, 3.63) is 0 Å². The first-order valence-electron chi connectivity index (χ1n) is 6.31. The Bertz CT molecular complexity index is 412. The molecule has 21 heavy (non-hydrogen) atoms. The quantitative estimate of drug-likeness (QED) is 0.511. The first-order valence-corrected chi connectivity index (χ1v) is 6.31. The number of esters is 2. The predicted molar refractivity (Wildman–Crippen MR) is 66.7 cm³/mol. The van der Waals surface area contributed by atoms with E-state index in [0.717, 1.165) is 6.92 Å². The second-order valence-corrected chi connectivity index (χ2v) is 4.66. The van der Waals surface area contributed by atoms with Crippen LogP contribution in [0.25, 0.3) is 0 Å². The first kappa shape index (κ1) is 17.3. The molecule has 0 bridgehead atoms. The summed E-state index contributed by atoms with van der Waals surface area (Å²) in [5, 5.41) is 22.4. The zero-order chi connectivity index (χ0) is 16.2. The van der Waals surface area contributed by atoms with Gasteiger partial charge < -0.3 is 29.7 Å². The van der Waals surface area contributed by atoms with Gasteiger partial charge in [-0.25, -0.2) is 0 Å². The summed E-state index contributed by atoms with van der Waals surface area (Å²) in [6.45, 7) is 3.18. The third-order valence-electron chi connectivity index (χ3n) is 2.82. The normalized spacial score (nSPS) is 32.1. The highest BCUT2D eigenvalue weighted by atomic mass is 16.6. The van der Waals surface area contributed by atoms with Crippen LogP contribution < -0.4 is 5.32 Å². The number of hydrogen-bond donors (Lipinski definition) is 3. The fourth-order valence-corrected chi connectivity index (χ4v) is 1.99. The molecule has 1 heterocycles. The Balaban J connectivity index is 2.87. The van der Waals surface area contributed by atoms with Gasteiger partial charge >= 0.3 is 11.9 Å². The second kappa shape index (κ2) is 7.34. The van der Waals surface area contributed by atoms with E-state index >= 15 is 0 Å². The molecule has 0 aromatic carbocycles.